The van der Waals surface area contributed by atoms with Crippen molar-refractivity contribution >= 4 is 11.8 Å². The van der Waals surface area contributed by atoms with Crippen molar-refractivity contribution in [2.24, 2.45) is 10.8 Å². The van der Waals surface area contributed by atoms with Gasteiger partial charge in [0.15, 0.2) is 0 Å². The first kappa shape index (κ1) is 14.3. The van der Waals surface area contributed by atoms with E-state index in [1.54, 1.807) is 4.90 Å². The van der Waals surface area contributed by atoms with Gasteiger partial charge in [0.25, 0.3) is 0 Å². The molecule has 5 heteroatoms. The first-order valence-electron chi connectivity index (χ1n) is 7.09. The number of nitrogens with zero attached hydrogens (tertiary/aromatic N) is 1. The molecule has 2 N–H and O–H groups in total. The number of nitrogens with one attached hydrogen (secondary N) is 2. The summed E-state index contributed by atoms with van der Waals surface area (Å²) in [5, 5.41) is 6.13. The van der Waals surface area contributed by atoms with Gasteiger partial charge in [0.1, 0.15) is 0 Å². The lowest BCUT2D eigenvalue weighted by Gasteiger charge is -2.19. The van der Waals surface area contributed by atoms with Gasteiger partial charge in [-0.15, -0.1) is 0 Å². The van der Waals surface area contributed by atoms with E-state index >= 15 is 0 Å². The standard InChI is InChI=1S/C14H25N3O2/c1-13(2)12(14(13,3)4)16-10(18)11(19)17-8-5-6-15-7-9-17/h12,15H,5-9H2,1-4H3,(H,16,18). The largest absolute Gasteiger partial charge is 0.344 e. The normalized spacial score (nSPS) is 25.6. The van der Waals surface area contributed by atoms with Crippen LogP contribution in [0.4, 0.5) is 0 Å². The van der Waals surface area contributed by atoms with Gasteiger partial charge in [0.2, 0.25) is 0 Å². The molecule has 2 amide bonds. The quantitative estimate of drug-likeness (QED) is 0.674. The van der Waals surface area contributed by atoms with Crippen LogP contribution in [0, 0.1) is 10.8 Å². The maximum absolute atomic E-state index is 12.1. The number of amides is 2. The number of hydrogen-bond acceptors (Lipinski definition) is 3. The Morgan fingerprint density at radius 2 is 1.74 bits per heavy atom. The van der Waals surface area contributed by atoms with Crippen molar-refractivity contribution in [1.29, 1.82) is 0 Å². The summed E-state index contributed by atoms with van der Waals surface area (Å²) in [6.45, 7) is 11.4. The number of carbonyl (C=O) groups is 2. The number of rotatable bonds is 1. The molecule has 108 valence electrons. The molecule has 0 aromatic heterocycles. The van der Waals surface area contributed by atoms with Crippen LogP contribution in [0.5, 0.6) is 0 Å². The SMILES string of the molecule is CC1(C)C(NC(=O)C(=O)N2CCCNCC2)C1(C)C. The minimum absolute atomic E-state index is 0.0588. The Hall–Kier alpha value is -1.10. The lowest BCUT2D eigenvalue weighted by Crippen LogP contribution is -2.46. The van der Waals surface area contributed by atoms with Gasteiger partial charge in [-0.25, -0.2) is 0 Å². The van der Waals surface area contributed by atoms with Crippen LogP contribution in [0.3, 0.4) is 0 Å². The third-order valence-corrected chi connectivity index (χ3v) is 5.12. The molecule has 1 aliphatic heterocycles. The van der Waals surface area contributed by atoms with Gasteiger partial charge in [-0.3, -0.25) is 9.59 Å². The fraction of sp³-hybridized carbons (Fsp3) is 0.857. The molecule has 0 unspecified atom stereocenters. The van der Waals surface area contributed by atoms with Gasteiger partial charge in [-0.05, 0) is 23.8 Å². The zero-order chi connectivity index (χ0) is 14.3. The molecule has 0 atom stereocenters. The second kappa shape index (κ2) is 4.78. The molecule has 1 saturated heterocycles. The molecule has 0 aromatic rings. The smallest absolute Gasteiger partial charge is 0.311 e. The molecular weight excluding hydrogens is 242 g/mol. The van der Waals surface area contributed by atoms with Crippen molar-refractivity contribution in [3.63, 3.8) is 0 Å². The summed E-state index contributed by atoms with van der Waals surface area (Å²) in [5.74, 6) is -0.840. The number of hydrogen-bond donors (Lipinski definition) is 2. The lowest BCUT2D eigenvalue weighted by atomic mass is 10.0. The highest BCUT2D eigenvalue weighted by Gasteiger charge is 2.65. The van der Waals surface area contributed by atoms with E-state index in [9.17, 15) is 9.59 Å². The van der Waals surface area contributed by atoms with Crippen LogP contribution in [0.1, 0.15) is 34.1 Å². The van der Waals surface area contributed by atoms with Crippen LogP contribution >= 0.6 is 0 Å². The van der Waals surface area contributed by atoms with Gasteiger partial charge in [-0.2, -0.15) is 0 Å². The summed E-state index contributed by atoms with van der Waals surface area (Å²) in [7, 11) is 0. The first-order chi connectivity index (χ1) is 8.78. The Morgan fingerprint density at radius 1 is 1.11 bits per heavy atom. The van der Waals surface area contributed by atoms with E-state index in [0.29, 0.717) is 13.1 Å². The molecule has 0 aromatic carbocycles. The minimum Gasteiger partial charge on any atom is -0.344 e. The summed E-state index contributed by atoms with van der Waals surface area (Å²) in [4.78, 5) is 25.8. The average Bonchev–Trinajstić information content (AvgIpc) is 2.88. The van der Waals surface area contributed by atoms with Gasteiger partial charge in [0, 0.05) is 25.7 Å². The van der Waals surface area contributed by atoms with Crippen LogP contribution in [-0.2, 0) is 9.59 Å². The van der Waals surface area contributed by atoms with Crippen molar-refractivity contribution in [3.05, 3.63) is 0 Å². The molecule has 2 rings (SSSR count). The Labute approximate surface area is 115 Å². The third-order valence-electron chi connectivity index (χ3n) is 5.12. The van der Waals surface area contributed by atoms with E-state index in [2.05, 4.69) is 38.3 Å². The van der Waals surface area contributed by atoms with Crippen LogP contribution in [0.2, 0.25) is 0 Å². The predicted octanol–water partition coefficient (Wildman–Crippen LogP) is 0.359. The number of carbonyl (C=O) groups excluding carboxylic acids is 2. The van der Waals surface area contributed by atoms with E-state index in [-0.39, 0.29) is 22.8 Å². The zero-order valence-corrected chi connectivity index (χ0v) is 12.4. The molecule has 2 fully saturated rings. The monoisotopic (exact) mass is 267 g/mol. The molecule has 1 saturated carbocycles. The van der Waals surface area contributed by atoms with Crippen molar-refractivity contribution < 1.29 is 9.59 Å². The van der Waals surface area contributed by atoms with E-state index in [0.717, 1.165) is 19.5 Å². The molecule has 0 radical (unpaired) electrons. The van der Waals surface area contributed by atoms with Crippen molar-refractivity contribution in [2.45, 2.75) is 40.2 Å². The summed E-state index contributed by atoms with van der Waals surface area (Å²) in [5.41, 5.74) is 0.118. The average molecular weight is 267 g/mol. The van der Waals surface area contributed by atoms with Crippen LogP contribution in [-0.4, -0.2) is 48.9 Å². The van der Waals surface area contributed by atoms with E-state index in [1.165, 1.54) is 0 Å². The lowest BCUT2D eigenvalue weighted by molar-refractivity contribution is -0.145. The summed E-state index contributed by atoms with van der Waals surface area (Å²) >= 11 is 0. The molecule has 0 bridgehead atoms. The highest BCUT2D eigenvalue weighted by atomic mass is 16.2. The van der Waals surface area contributed by atoms with Gasteiger partial charge in [0.05, 0.1) is 0 Å². The molecule has 5 nitrogen and oxygen atoms in total. The van der Waals surface area contributed by atoms with E-state index < -0.39 is 5.91 Å². The van der Waals surface area contributed by atoms with Gasteiger partial charge >= 0.3 is 11.8 Å². The fourth-order valence-electron chi connectivity index (χ4n) is 2.94. The van der Waals surface area contributed by atoms with Crippen LogP contribution in [0.15, 0.2) is 0 Å². The minimum atomic E-state index is -0.453. The topological polar surface area (TPSA) is 61.4 Å². The first-order valence-corrected chi connectivity index (χ1v) is 7.09. The molecule has 2 aliphatic rings. The second-order valence-electron chi connectivity index (χ2n) is 6.75. The third kappa shape index (κ3) is 2.48. The molecular formula is C14H25N3O2. The van der Waals surface area contributed by atoms with E-state index in [4.69, 9.17) is 0 Å². The molecule has 1 heterocycles. The highest BCUT2D eigenvalue weighted by Crippen LogP contribution is 2.62. The molecule has 19 heavy (non-hydrogen) atoms. The summed E-state index contributed by atoms with van der Waals surface area (Å²) in [6.07, 6.45) is 0.902. The summed E-state index contributed by atoms with van der Waals surface area (Å²) < 4.78 is 0. The molecule has 0 spiro atoms. The zero-order valence-electron chi connectivity index (χ0n) is 12.4. The Morgan fingerprint density at radius 3 is 2.32 bits per heavy atom. The predicted molar refractivity (Wildman–Crippen MR) is 73.6 cm³/mol. The van der Waals surface area contributed by atoms with Crippen molar-refractivity contribution in [3.8, 4) is 0 Å². The fourth-order valence-corrected chi connectivity index (χ4v) is 2.94. The second-order valence-corrected chi connectivity index (χ2v) is 6.75. The maximum atomic E-state index is 12.1. The maximum Gasteiger partial charge on any atom is 0.311 e. The van der Waals surface area contributed by atoms with Crippen molar-refractivity contribution in [2.75, 3.05) is 26.2 Å². The van der Waals surface area contributed by atoms with Crippen LogP contribution in [0.25, 0.3) is 0 Å². The summed E-state index contributed by atoms with van der Waals surface area (Å²) in [6, 6.07) is 0.0848. The Bertz CT molecular complexity index is 368. The highest BCUT2D eigenvalue weighted by molar-refractivity contribution is 6.35. The van der Waals surface area contributed by atoms with Gasteiger partial charge in [-0.1, -0.05) is 27.7 Å². The molecule has 1 aliphatic carbocycles. The van der Waals surface area contributed by atoms with E-state index in [1.807, 2.05) is 0 Å². The van der Waals surface area contributed by atoms with Crippen molar-refractivity contribution in [1.82, 2.24) is 15.5 Å². The van der Waals surface area contributed by atoms with Crippen LogP contribution < -0.4 is 10.6 Å². The Balaban J connectivity index is 1.92. The Kier molecular flexibility index (Phi) is 3.60. The van der Waals surface area contributed by atoms with Gasteiger partial charge < -0.3 is 15.5 Å².